The number of H-pyrrole nitrogens is 2. The van der Waals surface area contributed by atoms with Gasteiger partial charge in [0.25, 0.3) is 0 Å². The molecule has 0 aliphatic rings. The third-order valence-corrected chi connectivity index (χ3v) is 5.78. The number of hydrogen-bond donors (Lipinski definition) is 3. The van der Waals surface area contributed by atoms with Crippen molar-refractivity contribution in [2.45, 2.75) is 0 Å². The second-order valence-electron chi connectivity index (χ2n) is 6.96. The van der Waals surface area contributed by atoms with Crippen LogP contribution in [0.2, 0.25) is 0 Å². The molecule has 0 amide bonds. The quantitative estimate of drug-likeness (QED) is 0.381. The highest BCUT2D eigenvalue weighted by molar-refractivity contribution is 7.08. The topological polar surface area (TPSA) is 103 Å². The zero-order chi connectivity index (χ0) is 20.1. The highest BCUT2D eigenvalue weighted by atomic mass is 32.1. The lowest BCUT2D eigenvalue weighted by Crippen LogP contribution is -1.85. The standard InChI is InChI=1S/C22H14N6OS/c29-14-3-13(6-23-7-14)18-5-16-21(10-25-18)27-28-22(16)19-4-15-17(12-1-2-30-11-12)8-24-9-20(15)26-19/h1-11,26,29H,(H,27,28). The van der Waals surface area contributed by atoms with Crippen LogP contribution >= 0.6 is 11.3 Å². The van der Waals surface area contributed by atoms with E-state index in [9.17, 15) is 5.11 Å². The molecule has 3 N–H and O–H groups in total. The van der Waals surface area contributed by atoms with Gasteiger partial charge in [0.2, 0.25) is 0 Å². The van der Waals surface area contributed by atoms with Gasteiger partial charge in [-0.15, -0.1) is 0 Å². The molecular weight excluding hydrogens is 396 g/mol. The molecule has 144 valence electrons. The lowest BCUT2D eigenvalue weighted by Gasteiger charge is -2.01. The summed E-state index contributed by atoms with van der Waals surface area (Å²) >= 11 is 1.66. The Kier molecular flexibility index (Phi) is 3.65. The number of thiophene rings is 1. The largest absolute Gasteiger partial charge is 0.506 e. The minimum absolute atomic E-state index is 0.103. The zero-order valence-corrected chi connectivity index (χ0v) is 16.3. The molecule has 0 aromatic carbocycles. The van der Waals surface area contributed by atoms with Crippen LogP contribution in [0.3, 0.4) is 0 Å². The van der Waals surface area contributed by atoms with Crippen LogP contribution in [0.15, 0.2) is 66.0 Å². The van der Waals surface area contributed by atoms with Gasteiger partial charge in [-0.1, -0.05) is 0 Å². The maximum absolute atomic E-state index is 9.75. The van der Waals surface area contributed by atoms with Gasteiger partial charge < -0.3 is 10.1 Å². The normalized spacial score (nSPS) is 11.5. The van der Waals surface area contributed by atoms with Gasteiger partial charge in [-0.05, 0) is 40.6 Å². The van der Waals surface area contributed by atoms with E-state index in [-0.39, 0.29) is 5.75 Å². The summed E-state index contributed by atoms with van der Waals surface area (Å²) in [6.07, 6.45) is 8.53. The minimum atomic E-state index is 0.103. The Balaban J connectivity index is 1.52. The third-order valence-electron chi connectivity index (χ3n) is 5.10. The van der Waals surface area contributed by atoms with E-state index >= 15 is 0 Å². The van der Waals surface area contributed by atoms with Crippen molar-refractivity contribution in [3.05, 3.63) is 66.0 Å². The number of hydrogen-bond acceptors (Lipinski definition) is 6. The van der Waals surface area contributed by atoms with Crippen LogP contribution in [-0.2, 0) is 0 Å². The van der Waals surface area contributed by atoms with Gasteiger partial charge in [0, 0.05) is 34.3 Å². The lowest BCUT2D eigenvalue weighted by molar-refractivity contribution is 0.473. The van der Waals surface area contributed by atoms with Crippen molar-refractivity contribution in [3.8, 4) is 39.5 Å². The molecule has 0 bridgehead atoms. The summed E-state index contributed by atoms with van der Waals surface area (Å²) in [5, 5.41) is 23.5. The van der Waals surface area contributed by atoms with Crippen molar-refractivity contribution in [3.63, 3.8) is 0 Å². The Morgan fingerprint density at radius 1 is 0.867 bits per heavy atom. The summed E-state index contributed by atoms with van der Waals surface area (Å²) in [5.74, 6) is 0.103. The molecule has 0 fully saturated rings. The van der Waals surface area contributed by atoms with Crippen molar-refractivity contribution in [2.24, 2.45) is 0 Å². The van der Waals surface area contributed by atoms with E-state index in [2.05, 4.69) is 53.0 Å². The van der Waals surface area contributed by atoms with Crippen LogP contribution in [0, 0.1) is 0 Å². The summed E-state index contributed by atoms with van der Waals surface area (Å²) in [6, 6.07) is 7.80. The number of aromatic nitrogens is 6. The van der Waals surface area contributed by atoms with Crippen LogP contribution in [0.1, 0.15) is 0 Å². The average molecular weight is 410 g/mol. The van der Waals surface area contributed by atoms with Gasteiger partial charge in [-0.25, -0.2) is 0 Å². The number of nitrogens with zero attached hydrogens (tertiary/aromatic N) is 4. The van der Waals surface area contributed by atoms with Crippen molar-refractivity contribution in [2.75, 3.05) is 0 Å². The maximum atomic E-state index is 9.75. The first-order chi connectivity index (χ1) is 14.8. The molecule has 0 atom stereocenters. The molecule has 0 saturated heterocycles. The molecule has 0 unspecified atom stereocenters. The van der Waals surface area contributed by atoms with Crippen molar-refractivity contribution >= 4 is 33.1 Å². The number of aromatic hydroxyl groups is 1. The summed E-state index contributed by atoms with van der Waals surface area (Å²) in [7, 11) is 0. The SMILES string of the molecule is Oc1cncc(-c2cc3c(-c4cc5c(-c6ccsc6)cncc5[nH]4)n[nH]c3cn2)c1. The number of rotatable bonds is 3. The monoisotopic (exact) mass is 410 g/mol. The molecule has 6 heterocycles. The molecule has 6 rings (SSSR count). The predicted molar refractivity (Wildman–Crippen MR) is 117 cm³/mol. The first-order valence-electron chi connectivity index (χ1n) is 9.24. The van der Waals surface area contributed by atoms with Crippen LogP contribution in [0.25, 0.3) is 55.6 Å². The Morgan fingerprint density at radius 3 is 2.67 bits per heavy atom. The maximum Gasteiger partial charge on any atom is 0.134 e. The molecular formula is C22H14N6OS. The summed E-state index contributed by atoms with van der Waals surface area (Å²) < 4.78 is 0. The molecule has 6 aromatic heterocycles. The smallest absolute Gasteiger partial charge is 0.134 e. The second kappa shape index (κ2) is 6.50. The minimum Gasteiger partial charge on any atom is -0.506 e. The average Bonchev–Trinajstić information content (AvgIpc) is 3.51. The van der Waals surface area contributed by atoms with Gasteiger partial charge in [0.15, 0.2) is 0 Å². The number of pyridine rings is 3. The number of nitrogens with one attached hydrogen (secondary N) is 2. The predicted octanol–water partition coefficient (Wildman–Crippen LogP) is 5.00. The van der Waals surface area contributed by atoms with Crippen LogP contribution in [-0.4, -0.2) is 35.2 Å². The fourth-order valence-electron chi connectivity index (χ4n) is 3.67. The van der Waals surface area contributed by atoms with Crippen LogP contribution < -0.4 is 0 Å². The van der Waals surface area contributed by atoms with Crippen LogP contribution in [0.4, 0.5) is 0 Å². The molecule has 0 aliphatic heterocycles. The van der Waals surface area contributed by atoms with Crippen molar-refractivity contribution in [1.82, 2.24) is 30.1 Å². The van der Waals surface area contributed by atoms with Crippen molar-refractivity contribution in [1.29, 1.82) is 0 Å². The molecule has 0 radical (unpaired) electrons. The summed E-state index contributed by atoms with van der Waals surface area (Å²) in [6.45, 7) is 0. The molecule has 8 heteroatoms. The first kappa shape index (κ1) is 16.9. The highest BCUT2D eigenvalue weighted by Gasteiger charge is 2.15. The number of fused-ring (bicyclic) bond motifs is 2. The Morgan fingerprint density at radius 2 is 1.80 bits per heavy atom. The Bertz CT molecular complexity index is 1520. The lowest BCUT2D eigenvalue weighted by atomic mass is 10.1. The molecule has 0 spiro atoms. The number of aromatic amines is 2. The van der Waals surface area contributed by atoms with E-state index in [1.54, 1.807) is 29.8 Å². The van der Waals surface area contributed by atoms with Gasteiger partial charge >= 0.3 is 0 Å². The fraction of sp³-hybridized carbons (Fsp3) is 0. The molecule has 0 saturated carbocycles. The van der Waals surface area contributed by atoms with E-state index in [0.29, 0.717) is 5.69 Å². The first-order valence-corrected chi connectivity index (χ1v) is 10.2. The molecule has 7 nitrogen and oxygen atoms in total. The van der Waals surface area contributed by atoms with Crippen molar-refractivity contribution < 1.29 is 5.11 Å². The van der Waals surface area contributed by atoms with E-state index in [4.69, 9.17) is 0 Å². The Labute approximate surface area is 174 Å². The second-order valence-corrected chi connectivity index (χ2v) is 7.74. The van der Waals surface area contributed by atoms with Crippen LogP contribution in [0.5, 0.6) is 5.75 Å². The highest BCUT2D eigenvalue weighted by Crippen LogP contribution is 2.34. The third kappa shape index (κ3) is 2.66. The van der Waals surface area contributed by atoms with E-state index in [1.165, 1.54) is 6.20 Å². The van der Waals surface area contributed by atoms with E-state index < -0.39 is 0 Å². The molecule has 30 heavy (non-hydrogen) atoms. The van der Waals surface area contributed by atoms with E-state index in [1.807, 2.05) is 18.5 Å². The van der Waals surface area contributed by atoms with Gasteiger partial charge in [-0.2, -0.15) is 16.4 Å². The fourth-order valence-corrected chi connectivity index (χ4v) is 4.33. The van der Waals surface area contributed by atoms with Gasteiger partial charge in [0.05, 0.1) is 41.0 Å². The Hall–Kier alpha value is -4.04. The molecule has 6 aromatic rings. The zero-order valence-electron chi connectivity index (χ0n) is 15.5. The summed E-state index contributed by atoms with van der Waals surface area (Å²) in [5.41, 5.74) is 7.17. The molecule has 0 aliphatic carbocycles. The van der Waals surface area contributed by atoms with Gasteiger partial charge in [0.1, 0.15) is 11.4 Å². The van der Waals surface area contributed by atoms with Gasteiger partial charge in [-0.3, -0.25) is 20.1 Å². The van der Waals surface area contributed by atoms with E-state index in [0.717, 1.165) is 49.9 Å². The summed E-state index contributed by atoms with van der Waals surface area (Å²) in [4.78, 5) is 16.4.